The molecule has 1 aromatic carbocycles. The second-order valence-electron chi connectivity index (χ2n) is 5.81. The molecule has 0 radical (unpaired) electrons. The summed E-state index contributed by atoms with van der Waals surface area (Å²) in [5.74, 6) is -0.977. The van der Waals surface area contributed by atoms with Crippen LogP contribution in [0.4, 0.5) is 4.39 Å². The number of amides is 1. The molecule has 0 aliphatic carbocycles. The van der Waals surface area contributed by atoms with E-state index in [-0.39, 0.29) is 22.5 Å². The van der Waals surface area contributed by atoms with Gasteiger partial charge in [-0.1, -0.05) is 11.6 Å². The molecule has 3 aromatic rings. The number of aromatic amines is 1. The number of aromatic nitrogens is 4. The third-order valence-electron chi connectivity index (χ3n) is 3.72. The number of imidazole rings is 1. The van der Waals surface area contributed by atoms with Crippen LogP contribution in [0.25, 0.3) is 11.3 Å². The van der Waals surface area contributed by atoms with Crippen molar-refractivity contribution in [2.75, 3.05) is 0 Å². The van der Waals surface area contributed by atoms with E-state index in [1.165, 1.54) is 18.3 Å². The first kappa shape index (κ1) is 19.1. The van der Waals surface area contributed by atoms with Gasteiger partial charge in [0.05, 0.1) is 23.5 Å². The van der Waals surface area contributed by atoms with Gasteiger partial charge in [-0.3, -0.25) is 9.48 Å². The largest absolute Gasteiger partial charge is 0.346 e. The van der Waals surface area contributed by atoms with Gasteiger partial charge in [0.15, 0.2) is 4.73 Å². The second kappa shape index (κ2) is 7.90. The van der Waals surface area contributed by atoms with E-state index >= 15 is 0 Å². The monoisotopic (exact) mass is 450 g/mol. The topological polar surface area (TPSA) is 99.4 Å². The minimum absolute atomic E-state index is 0.0356. The molecule has 0 fully saturated rings. The molecule has 0 aliphatic heterocycles. The molecule has 0 saturated heterocycles. The zero-order valence-electron chi connectivity index (χ0n) is 14.0. The van der Waals surface area contributed by atoms with E-state index in [9.17, 15) is 9.18 Å². The second-order valence-corrected chi connectivity index (χ2v) is 6.97. The lowest BCUT2D eigenvalue weighted by molar-refractivity contribution is 0.0931. The van der Waals surface area contributed by atoms with Crippen LogP contribution >= 0.6 is 27.5 Å². The fourth-order valence-corrected chi connectivity index (χ4v) is 3.05. The first-order chi connectivity index (χ1) is 12.9. The minimum Gasteiger partial charge on any atom is -0.346 e. The quantitative estimate of drug-likeness (QED) is 0.620. The lowest BCUT2D eigenvalue weighted by Gasteiger charge is -2.13. The van der Waals surface area contributed by atoms with Crippen molar-refractivity contribution in [3.63, 3.8) is 0 Å². The van der Waals surface area contributed by atoms with Crippen LogP contribution in [0.3, 0.4) is 0 Å². The predicted octanol–water partition coefficient (Wildman–Crippen LogP) is 3.52. The van der Waals surface area contributed by atoms with Crippen molar-refractivity contribution in [3.8, 4) is 17.3 Å². The number of halogens is 3. The highest BCUT2D eigenvalue weighted by molar-refractivity contribution is 9.10. The Kier molecular flexibility index (Phi) is 5.58. The summed E-state index contributed by atoms with van der Waals surface area (Å²) in [6.45, 7) is 2.25. The molecule has 138 valence electrons. The Labute approximate surface area is 167 Å². The number of nitrogens with zero attached hydrogens (tertiary/aromatic N) is 4. The van der Waals surface area contributed by atoms with Crippen molar-refractivity contribution in [1.82, 2.24) is 25.1 Å². The fourth-order valence-electron chi connectivity index (χ4n) is 2.49. The van der Waals surface area contributed by atoms with Crippen LogP contribution in [0.5, 0.6) is 0 Å². The van der Waals surface area contributed by atoms with Crippen LogP contribution in [-0.4, -0.2) is 31.7 Å². The van der Waals surface area contributed by atoms with Gasteiger partial charge in [0.1, 0.15) is 23.1 Å². The highest BCUT2D eigenvalue weighted by atomic mass is 79.9. The molecular weight excluding hydrogens is 439 g/mol. The van der Waals surface area contributed by atoms with Gasteiger partial charge < -0.3 is 10.3 Å². The maximum atomic E-state index is 13.9. The van der Waals surface area contributed by atoms with Gasteiger partial charge in [-0.2, -0.15) is 10.4 Å². The Bertz CT molecular complexity index is 1020. The normalized spacial score (nSPS) is 11.8. The van der Waals surface area contributed by atoms with Crippen molar-refractivity contribution in [3.05, 3.63) is 57.4 Å². The number of carbonyl (C=O) groups is 1. The summed E-state index contributed by atoms with van der Waals surface area (Å²) in [7, 11) is 0. The van der Waals surface area contributed by atoms with Crippen LogP contribution in [-0.2, 0) is 6.54 Å². The number of carbonyl (C=O) groups excluding carboxylic acids is 1. The predicted molar refractivity (Wildman–Crippen MR) is 101 cm³/mol. The lowest BCUT2D eigenvalue weighted by Crippen LogP contribution is -2.36. The van der Waals surface area contributed by atoms with E-state index in [4.69, 9.17) is 16.9 Å². The van der Waals surface area contributed by atoms with Crippen molar-refractivity contribution in [2.24, 2.45) is 0 Å². The SMILES string of the molecule is C[C@@H](Cn1ccc(-c2cc(F)c(C#N)c(Cl)c2)n1)NC(=O)c1cnc(Br)[nH]1. The van der Waals surface area contributed by atoms with Crippen molar-refractivity contribution in [1.29, 1.82) is 5.26 Å². The van der Waals surface area contributed by atoms with E-state index < -0.39 is 5.82 Å². The number of nitriles is 1. The highest BCUT2D eigenvalue weighted by Crippen LogP contribution is 2.26. The third-order valence-corrected chi connectivity index (χ3v) is 4.42. The number of H-pyrrole nitrogens is 1. The first-order valence-electron chi connectivity index (χ1n) is 7.81. The van der Waals surface area contributed by atoms with Crippen molar-refractivity contribution < 1.29 is 9.18 Å². The van der Waals surface area contributed by atoms with Gasteiger partial charge in [-0.05, 0) is 41.1 Å². The summed E-state index contributed by atoms with van der Waals surface area (Å²) < 4.78 is 16.0. The molecule has 0 bridgehead atoms. The van der Waals surface area contributed by atoms with Crippen LogP contribution in [0.15, 0.2) is 35.3 Å². The number of benzene rings is 1. The minimum atomic E-state index is -0.694. The maximum Gasteiger partial charge on any atom is 0.269 e. The highest BCUT2D eigenvalue weighted by Gasteiger charge is 2.15. The number of nitrogens with one attached hydrogen (secondary N) is 2. The molecule has 1 amide bonds. The smallest absolute Gasteiger partial charge is 0.269 e. The maximum absolute atomic E-state index is 13.9. The molecule has 0 spiro atoms. The van der Waals surface area contributed by atoms with Gasteiger partial charge in [-0.25, -0.2) is 9.37 Å². The average Bonchev–Trinajstić information content (AvgIpc) is 3.23. The molecule has 0 saturated carbocycles. The lowest BCUT2D eigenvalue weighted by atomic mass is 10.1. The molecule has 2 heterocycles. The molecule has 3 rings (SSSR count). The molecule has 0 unspecified atom stereocenters. The number of rotatable bonds is 5. The number of hydrogen-bond acceptors (Lipinski definition) is 4. The van der Waals surface area contributed by atoms with E-state index in [1.54, 1.807) is 23.0 Å². The molecule has 0 aliphatic rings. The zero-order valence-corrected chi connectivity index (χ0v) is 16.3. The van der Waals surface area contributed by atoms with E-state index in [0.29, 0.717) is 28.2 Å². The summed E-state index contributed by atoms with van der Waals surface area (Å²) in [6, 6.07) is 5.93. The van der Waals surface area contributed by atoms with Crippen molar-refractivity contribution in [2.45, 2.75) is 19.5 Å². The van der Waals surface area contributed by atoms with Crippen molar-refractivity contribution >= 4 is 33.4 Å². The standard InChI is InChI=1S/C17H13BrClFN6O/c1-9(23-16(27)15-7-22-17(18)24-15)8-26-3-2-14(25-26)10-4-12(19)11(6-21)13(20)5-10/h2-5,7,9H,8H2,1H3,(H,22,24)(H,23,27)/t9-/m0/s1. The summed E-state index contributed by atoms with van der Waals surface area (Å²) in [4.78, 5) is 18.8. The van der Waals surface area contributed by atoms with E-state index in [0.717, 1.165) is 0 Å². The average molecular weight is 452 g/mol. The fraction of sp³-hybridized carbons (Fsp3) is 0.176. The van der Waals surface area contributed by atoms with Gasteiger partial charge in [0.2, 0.25) is 0 Å². The van der Waals surface area contributed by atoms with Gasteiger partial charge >= 0.3 is 0 Å². The number of hydrogen-bond donors (Lipinski definition) is 2. The first-order valence-corrected chi connectivity index (χ1v) is 8.99. The van der Waals surface area contributed by atoms with Gasteiger partial charge in [0, 0.05) is 17.8 Å². The molecule has 2 N–H and O–H groups in total. The van der Waals surface area contributed by atoms with Crippen LogP contribution < -0.4 is 5.32 Å². The van der Waals surface area contributed by atoms with Crippen LogP contribution in [0.1, 0.15) is 23.0 Å². The summed E-state index contributed by atoms with van der Waals surface area (Å²) >= 11 is 9.09. The Hall–Kier alpha value is -2.70. The molecule has 2 aromatic heterocycles. The summed E-state index contributed by atoms with van der Waals surface area (Å²) in [6.07, 6.45) is 3.15. The Balaban J connectivity index is 1.69. The molecule has 1 atom stereocenters. The van der Waals surface area contributed by atoms with Gasteiger partial charge in [0.25, 0.3) is 5.91 Å². The van der Waals surface area contributed by atoms with E-state index in [2.05, 4.69) is 36.3 Å². The molecule has 7 nitrogen and oxygen atoms in total. The Morgan fingerprint density at radius 3 is 2.96 bits per heavy atom. The van der Waals surface area contributed by atoms with Crippen LogP contribution in [0.2, 0.25) is 5.02 Å². The van der Waals surface area contributed by atoms with Crippen LogP contribution in [0, 0.1) is 17.1 Å². The third kappa shape index (κ3) is 4.35. The molecular formula is C17H13BrClFN6O. The summed E-state index contributed by atoms with van der Waals surface area (Å²) in [5.41, 5.74) is 1.13. The zero-order chi connectivity index (χ0) is 19.6. The Morgan fingerprint density at radius 1 is 1.56 bits per heavy atom. The molecule has 27 heavy (non-hydrogen) atoms. The summed E-state index contributed by atoms with van der Waals surface area (Å²) in [5, 5.41) is 16.1. The Morgan fingerprint density at radius 2 is 2.33 bits per heavy atom. The van der Waals surface area contributed by atoms with E-state index in [1.807, 2.05) is 6.92 Å². The molecule has 10 heteroatoms. The van der Waals surface area contributed by atoms with Gasteiger partial charge in [-0.15, -0.1) is 0 Å².